The van der Waals surface area contributed by atoms with Crippen LogP contribution in [0.25, 0.3) is 0 Å². The van der Waals surface area contributed by atoms with Crippen molar-refractivity contribution in [2.24, 2.45) is 5.10 Å². The molecule has 1 aliphatic rings. The van der Waals surface area contributed by atoms with Crippen molar-refractivity contribution in [2.45, 2.75) is 6.18 Å². The first-order chi connectivity index (χ1) is 8.48. The first kappa shape index (κ1) is 12.7. The molecule has 2 heterocycles. The van der Waals surface area contributed by atoms with E-state index in [1.807, 2.05) is 5.10 Å². The average molecular weight is 264 g/mol. The van der Waals surface area contributed by atoms with Crippen LogP contribution in [0.15, 0.2) is 9.90 Å². The number of ether oxygens (including phenoxy) is 1. The molecule has 0 aliphatic carbocycles. The molecule has 2 rings (SSSR count). The Kier molecular flexibility index (Phi) is 3.41. The largest absolute Gasteiger partial charge is 0.433 e. The van der Waals surface area contributed by atoms with E-state index in [0.29, 0.717) is 26.3 Å². The summed E-state index contributed by atoms with van der Waals surface area (Å²) in [5.74, 6) is 0. The standard InChI is InChI=1S/C9H11F3N4O2/c10-9(11,12)7-6(8(17)15-14-7)5-13-16-1-3-18-4-2-16/h5H,1-4H2,(H2,14,15,17). The highest BCUT2D eigenvalue weighted by atomic mass is 19.4. The number of aromatic amines is 2. The highest BCUT2D eigenvalue weighted by Crippen LogP contribution is 2.28. The van der Waals surface area contributed by atoms with Crippen molar-refractivity contribution >= 4 is 6.21 Å². The predicted molar refractivity (Wildman–Crippen MR) is 56.4 cm³/mol. The molecule has 6 nitrogen and oxygen atoms in total. The van der Waals surface area contributed by atoms with Gasteiger partial charge in [0.2, 0.25) is 0 Å². The molecule has 1 aliphatic heterocycles. The third-order valence-corrected chi connectivity index (χ3v) is 2.44. The van der Waals surface area contributed by atoms with Gasteiger partial charge < -0.3 is 4.74 Å². The topological polar surface area (TPSA) is 73.5 Å². The van der Waals surface area contributed by atoms with Crippen LogP contribution in [0.5, 0.6) is 0 Å². The first-order valence-corrected chi connectivity index (χ1v) is 5.23. The Morgan fingerprint density at radius 3 is 2.56 bits per heavy atom. The number of nitrogens with one attached hydrogen (secondary N) is 2. The number of hydrogen-bond acceptors (Lipinski definition) is 4. The van der Waals surface area contributed by atoms with Gasteiger partial charge in [0, 0.05) is 0 Å². The number of H-pyrrole nitrogens is 2. The maximum atomic E-state index is 12.5. The lowest BCUT2D eigenvalue weighted by Gasteiger charge is -2.23. The van der Waals surface area contributed by atoms with Gasteiger partial charge in [0.1, 0.15) is 0 Å². The minimum Gasteiger partial charge on any atom is -0.378 e. The average Bonchev–Trinajstić information content (AvgIpc) is 2.69. The van der Waals surface area contributed by atoms with Crippen molar-refractivity contribution in [3.63, 3.8) is 0 Å². The fraction of sp³-hybridized carbons (Fsp3) is 0.556. The SMILES string of the molecule is O=c1[nH][nH]c(C(F)(F)F)c1C=NN1CCOCC1. The van der Waals surface area contributed by atoms with Gasteiger partial charge in [-0.05, 0) is 0 Å². The zero-order chi connectivity index (χ0) is 13.2. The van der Waals surface area contributed by atoms with Gasteiger partial charge in [-0.1, -0.05) is 0 Å². The lowest BCUT2D eigenvalue weighted by atomic mass is 10.2. The lowest BCUT2D eigenvalue weighted by molar-refractivity contribution is -0.141. The van der Waals surface area contributed by atoms with E-state index in [-0.39, 0.29) is 0 Å². The molecule has 0 bridgehead atoms. The predicted octanol–water partition coefficient (Wildman–Crippen LogP) is 0.388. The fourth-order valence-corrected chi connectivity index (χ4v) is 1.52. The maximum Gasteiger partial charge on any atom is 0.433 e. The van der Waals surface area contributed by atoms with Gasteiger partial charge in [0.15, 0.2) is 5.69 Å². The van der Waals surface area contributed by atoms with E-state index in [4.69, 9.17) is 4.74 Å². The molecule has 0 amide bonds. The Morgan fingerprint density at radius 1 is 1.28 bits per heavy atom. The minimum absolute atomic E-state index is 0.465. The number of hydrogen-bond donors (Lipinski definition) is 2. The van der Waals surface area contributed by atoms with E-state index >= 15 is 0 Å². The van der Waals surface area contributed by atoms with E-state index in [0.717, 1.165) is 6.21 Å². The van der Waals surface area contributed by atoms with Crippen LogP contribution in [0.3, 0.4) is 0 Å². The molecular formula is C9H11F3N4O2. The smallest absolute Gasteiger partial charge is 0.378 e. The molecule has 0 aromatic carbocycles. The molecule has 1 saturated heterocycles. The third kappa shape index (κ3) is 2.73. The Balaban J connectivity index is 2.20. The summed E-state index contributed by atoms with van der Waals surface area (Å²) in [6.07, 6.45) is -3.70. The molecule has 9 heteroatoms. The second-order valence-corrected chi connectivity index (χ2v) is 3.68. The summed E-state index contributed by atoms with van der Waals surface area (Å²) in [5, 5.41) is 9.10. The van der Waals surface area contributed by atoms with Gasteiger partial charge in [-0.3, -0.25) is 20.0 Å². The highest BCUT2D eigenvalue weighted by Gasteiger charge is 2.36. The summed E-state index contributed by atoms with van der Waals surface area (Å²) in [7, 11) is 0. The zero-order valence-electron chi connectivity index (χ0n) is 9.25. The van der Waals surface area contributed by atoms with Gasteiger partial charge in [-0.15, -0.1) is 0 Å². The molecule has 2 N–H and O–H groups in total. The van der Waals surface area contributed by atoms with Crippen LogP contribution in [-0.2, 0) is 10.9 Å². The van der Waals surface area contributed by atoms with E-state index in [1.54, 1.807) is 10.1 Å². The minimum atomic E-state index is -4.62. The van der Waals surface area contributed by atoms with Crippen molar-refractivity contribution in [3.8, 4) is 0 Å². The molecule has 0 spiro atoms. The second-order valence-electron chi connectivity index (χ2n) is 3.68. The van der Waals surface area contributed by atoms with E-state index in [1.165, 1.54) is 0 Å². The first-order valence-electron chi connectivity index (χ1n) is 5.23. The van der Waals surface area contributed by atoms with Crippen molar-refractivity contribution in [2.75, 3.05) is 26.3 Å². The maximum absolute atomic E-state index is 12.5. The van der Waals surface area contributed by atoms with Crippen LogP contribution in [0.2, 0.25) is 0 Å². The van der Waals surface area contributed by atoms with Gasteiger partial charge >= 0.3 is 6.18 Å². The van der Waals surface area contributed by atoms with Crippen LogP contribution in [0, 0.1) is 0 Å². The molecule has 1 aromatic heterocycles. The van der Waals surface area contributed by atoms with Crippen molar-refractivity contribution < 1.29 is 17.9 Å². The molecule has 0 saturated carbocycles. The summed E-state index contributed by atoms with van der Waals surface area (Å²) in [4.78, 5) is 11.2. The number of hydrazone groups is 1. The number of alkyl halides is 3. The summed E-state index contributed by atoms with van der Waals surface area (Å²) in [5.41, 5.74) is -2.49. The van der Waals surface area contributed by atoms with Gasteiger partial charge in [-0.2, -0.15) is 18.3 Å². The lowest BCUT2D eigenvalue weighted by Crippen LogP contribution is -2.32. The molecule has 0 radical (unpaired) electrons. The van der Waals surface area contributed by atoms with Crippen LogP contribution in [-0.4, -0.2) is 47.7 Å². The highest BCUT2D eigenvalue weighted by molar-refractivity contribution is 5.80. The summed E-state index contributed by atoms with van der Waals surface area (Å²) in [6, 6.07) is 0. The number of nitrogens with zero attached hydrogens (tertiary/aromatic N) is 2. The molecular weight excluding hydrogens is 253 g/mol. The summed E-state index contributed by atoms with van der Waals surface area (Å²) < 4.78 is 42.7. The number of halogens is 3. The van der Waals surface area contributed by atoms with Crippen LogP contribution in [0.1, 0.15) is 11.3 Å². The Labute approximate surface area is 99.4 Å². The fourth-order valence-electron chi connectivity index (χ4n) is 1.52. The Morgan fingerprint density at radius 2 is 1.94 bits per heavy atom. The second kappa shape index (κ2) is 4.84. The van der Waals surface area contributed by atoms with E-state index < -0.39 is 23.0 Å². The van der Waals surface area contributed by atoms with Gasteiger partial charge in [-0.25, -0.2) is 0 Å². The molecule has 0 atom stereocenters. The van der Waals surface area contributed by atoms with Crippen LogP contribution >= 0.6 is 0 Å². The summed E-state index contributed by atoms with van der Waals surface area (Å²) >= 11 is 0. The monoisotopic (exact) mass is 264 g/mol. The van der Waals surface area contributed by atoms with Crippen molar-refractivity contribution in [3.05, 3.63) is 21.6 Å². The van der Waals surface area contributed by atoms with Crippen molar-refractivity contribution in [1.82, 2.24) is 15.2 Å². The number of aromatic nitrogens is 2. The quantitative estimate of drug-likeness (QED) is 0.759. The van der Waals surface area contributed by atoms with Crippen LogP contribution in [0.4, 0.5) is 13.2 Å². The zero-order valence-corrected chi connectivity index (χ0v) is 9.25. The van der Waals surface area contributed by atoms with Crippen LogP contribution < -0.4 is 5.56 Å². The molecule has 100 valence electrons. The molecule has 1 aromatic rings. The van der Waals surface area contributed by atoms with Gasteiger partial charge in [0.05, 0.1) is 38.1 Å². The molecule has 18 heavy (non-hydrogen) atoms. The number of rotatable bonds is 2. The van der Waals surface area contributed by atoms with E-state index in [2.05, 4.69) is 5.10 Å². The van der Waals surface area contributed by atoms with Gasteiger partial charge in [0.25, 0.3) is 5.56 Å². The Bertz CT molecular complexity index is 485. The van der Waals surface area contributed by atoms with E-state index in [9.17, 15) is 18.0 Å². The summed E-state index contributed by atoms with van der Waals surface area (Å²) in [6.45, 7) is 1.90. The number of morpholine rings is 1. The van der Waals surface area contributed by atoms with Crippen molar-refractivity contribution in [1.29, 1.82) is 0 Å². The third-order valence-electron chi connectivity index (χ3n) is 2.44. The molecule has 1 fully saturated rings. The molecule has 0 unspecified atom stereocenters. The Hall–Kier alpha value is -1.77. The normalized spacial score (nSPS) is 17.6.